The van der Waals surface area contributed by atoms with Gasteiger partial charge in [0.2, 0.25) is 0 Å². The normalized spacial score (nSPS) is 17.6. The van der Waals surface area contributed by atoms with E-state index in [-0.39, 0.29) is 6.10 Å². The van der Waals surface area contributed by atoms with Crippen molar-refractivity contribution in [2.45, 2.75) is 39.7 Å². The summed E-state index contributed by atoms with van der Waals surface area (Å²) < 4.78 is 0. The third-order valence-electron chi connectivity index (χ3n) is 4.19. The number of rotatable bonds is 1. The molecule has 3 rings (SSSR count). The zero-order chi connectivity index (χ0) is 13.6. The Hall–Kier alpha value is -1.60. The van der Waals surface area contributed by atoms with E-state index in [1.807, 2.05) is 0 Å². The molecule has 0 aromatic heterocycles. The van der Waals surface area contributed by atoms with Gasteiger partial charge in [-0.1, -0.05) is 35.9 Å². The molecule has 98 valence electrons. The van der Waals surface area contributed by atoms with Gasteiger partial charge in [-0.25, -0.2) is 0 Å². The van der Waals surface area contributed by atoms with Gasteiger partial charge >= 0.3 is 0 Å². The molecule has 2 aromatic carbocycles. The predicted molar refractivity (Wildman–Crippen MR) is 79.4 cm³/mol. The molecule has 1 atom stereocenters. The third kappa shape index (κ3) is 1.98. The minimum Gasteiger partial charge on any atom is -0.388 e. The van der Waals surface area contributed by atoms with Crippen LogP contribution in [0.1, 0.15) is 40.3 Å². The summed E-state index contributed by atoms with van der Waals surface area (Å²) in [6.07, 6.45) is 1.57. The molecule has 0 unspecified atom stereocenters. The predicted octanol–water partition coefficient (Wildman–Crippen LogP) is 4.26. The van der Waals surface area contributed by atoms with E-state index in [1.54, 1.807) is 0 Å². The summed E-state index contributed by atoms with van der Waals surface area (Å²) in [5.41, 5.74) is 9.08. The molecule has 1 heteroatoms. The van der Waals surface area contributed by atoms with E-state index in [0.717, 1.165) is 18.4 Å². The number of aliphatic hydroxyl groups is 1. The molecule has 1 aliphatic carbocycles. The quantitative estimate of drug-likeness (QED) is 0.804. The van der Waals surface area contributed by atoms with Crippen molar-refractivity contribution in [3.05, 3.63) is 58.1 Å². The Morgan fingerprint density at radius 2 is 1.74 bits per heavy atom. The van der Waals surface area contributed by atoms with Crippen LogP contribution in [-0.4, -0.2) is 5.11 Å². The highest BCUT2D eigenvalue weighted by Crippen LogP contribution is 2.39. The molecule has 0 saturated carbocycles. The van der Waals surface area contributed by atoms with Crippen LogP contribution in [0.4, 0.5) is 0 Å². The zero-order valence-corrected chi connectivity index (χ0v) is 11.8. The Kier molecular flexibility index (Phi) is 2.94. The zero-order valence-electron chi connectivity index (χ0n) is 11.8. The summed E-state index contributed by atoms with van der Waals surface area (Å²) >= 11 is 0. The third-order valence-corrected chi connectivity index (χ3v) is 4.19. The molecular formula is C18H20O. The number of aliphatic hydroxyl groups excluding tert-OH is 1. The van der Waals surface area contributed by atoms with Crippen LogP contribution in [0.5, 0.6) is 0 Å². The molecule has 0 fully saturated rings. The van der Waals surface area contributed by atoms with Crippen LogP contribution in [0, 0.1) is 20.8 Å². The van der Waals surface area contributed by atoms with Crippen molar-refractivity contribution in [2.75, 3.05) is 0 Å². The van der Waals surface area contributed by atoms with Crippen molar-refractivity contribution in [2.24, 2.45) is 0 Å². The van der Waals surface area contributed by atoms with Crippen LogP contribution >= 0.6 is 0 Å². The van der Waals surface area contributed by atoms with Crippen LogP contribution in [0.25, 0.3) is 11.1 Å². The summed E-state index contributed by atoms with van der Waals surface area (Å²) in [5, 5.41) is 10.0. The van der Waals surface area contributed by atoms with Crippen LogP contribution in [0.2, 0.25) is 0 Å². The number of fused-ring (bicyclic) bond motifs is 1. The summed E-state index contributed by atoms with van der Waals surface area (Å²) in [4.78, 5) is 0. The minimum absolute atomic E-state index is 0.277. The standard InChI is InChI=1S/C18H20O/c1-11-9-12(2)18(13(3)10-11)16-6-4-5-15-14(16)7-8-17(15)19/h4-6,9-10,17,19H,7-8H2,1-3H3/t17-/m1/s1. The van der Waals surface area contributed by atoms with Crippen molar-refractivity contribution in [1.29, 1.82) is 0 Å². The Morgan fingerprint density at radius 3 is 2.42 bits per heavy atom. The molecule has 0 spiro atoms. The fourth-order valence-electron chi connectivity index (χ4n) is 3.47. The monoisotopic (exact) mass is 252 g/mol. The van der Waals surface area contributed by atoms with Gasteiger partial charge in [0.05, 0.1) is 6.10 Å². The van der Waals surface area contributed by atoms with Crippen molar-refractivity contribution >= 4 is 0 Å². The Bertz CT molecular complexity index is 617. The Labute approximate surface area is 114 Å². The Morgan fingerprint density at radius 1 is 1.05 bits per heavy atom. The van der Waals surface area contributed by atoms with Crippen LogP contribution < -0.4 is 0 Å². The van der Waals surface area contributed by atoms with E-state index in [9.17, 15) is 5.11 Å². The number of benzene rings is 2. The van der Waals surface area contributed by atoms with Crippen LogP contribution in [-0.2, 0) is 6.42 Å². The number of hydrogen-bond donors (Lipinski definition) is 1. The molecule has 0 heterocycles. The summed E-state index contributed by atoms with van der Waals surface area (Å²) in [6, 6.07) is 10.8. The van der Waals surface area contributed by atoms with E-state index in [0.29, 0.717) is 0 Å². The maximum atomic E-state index is 10.0. The first kappa shape index (κ1) is 12.4. The molecule has 19 heavy (non-hydrogen) atoms. The van der Waals surface area contributed by atoms with Crippen LogP contribution in [0.15, 0.2) is 30.3 Å². The molecule has 1 nitrogen and oxygen atoms in total. The van der Waals surface area contributed by atoms with Gasteiger partial charge in [0.1, 0.15) is 0 Å². The summed E-state index contributed by atoms with van der Waals surface area (Å²) in [5.74, 6) is 0. The molecule has 1 N–H and O–H groups in total. The molecule has 0 saturated heterocycles. The molecule has 2 aromatic rings. The topological polar surface area (TPSA) is 20.2 Å². The second kappa shape index (κ2) is 4.50. The van der Waals surface area contributed by atoms with Crippen molar-refractivity contribution < 1.29 is 5.11 Å². The van der Waals surface area contributed by atoms with E-state index in [1.165, 1.54) is 33.4 Å². The molecule has 0 amide bonds. The smallest absolute Gasteiger partial charge is 0.0796 e. The average molecular weight is 252 g/mol. The lowest BCUT2D eigenvalue weighted by Gasteiger charge is -2.15. The average Bonchev–Trinajstić information content (AvgIpc) is 2.71. The lowest BCUT2D eigenvalue weighted by atomic mass is 9.89. The minimum atomic E-state index is -0.277. The van der Waals surface area contributed by atoms with E-state index in [2.05, 4.69) is 51.1 Å². The van der Waals surface area contributed by atoms with Gasteiger partial charge in [0.25, 0.3) is 0 Å². The van der Waals surface area contributed by atoms with E-state index < -0.39 is 0 Å². The first-order valence-electron chi connectivity index (χ1n) is 6.96. The van der Waals surface area contributed by atoms with Crippen molar-refractivity contribution in [3.8, 4) is 11.1 Å². The number of hydrogen-bond acceptors (Lipinski definition) is 1. The van der Waals surface area contributed by atoms with Gasteiger partial charge in [-0.3, -0.25) is 0 Å². The first-order valence-corrected chi connectivity index (χ1v) is 6.96. The van der Waals surface area contributed by atoms with Crippen molar-refractivity contribution in [1.82, 2.24) is 0 Å². The molecule has 1 aliphatic rings. The van der Waals surface area contributed by atoms with Crippen molar-refractivity contribution in [3.63, 3.8) is 0 Å². The van der Waals surface area contributed by atoms with Gasteiger partial charge in [-0.05, 0) is 67.0 Å². The molecule has 0 aliphatic heterocycles. The van der Waals surface area contributed by atoms with E-state index in [4.69, 9.17) is 0 Å². The van der Waals surface area contributed by atoms with Gasteiger partial charge in [0, 0.05) is 0 Å². The van der Waals surface area contributed by atoms with Gasteiger partial charge in [-0.2, -0.15) is 0 Å². The maximum Gasteiger partial charge on any atom is 0.0796 e. The van der Waals surface area contributed by atoms with Crippen LogP contribution in [0.3, 0.4) is 0 Å². The first-order chi connectivity index (χ1) is 9.08. The largest absolute Gasteiger partial charge is 0.388 e. The Balaban J connectivity index is 2.25. The summed E-state index contributed by atoms with van der Waals surface area (Å²) in [7, 11) is 0. The molecule has 0 radical (unpaired) electrons. The molecular weight excluding hydrogens is 232 g/mol. The maximum absolute atomic E-state index is 10.0. The SMILES string of the molecule is Cc1cc(C)c(-c2cccc3c2CC[C@H]3O)c(C)c1. The lowest BCUT2D eigenvalue weighted by Crippen LogP contribution is -1.95. The highest BCUT2D eigenvalue weighted by atomic mass is 16.3. The highest BCUT2D eigenvalue weighted by Gasteiger charge is 2.23. The van der Waals surface area contributed by atoms with E-state index >= 15 is 0 Å². The highest BCUT2D eigenvalue weighted by molar-refractivity contribution is 5.75. The second-order valence-electron chi connectivity index (χ2n) is 5.70. The fourth-order valence-corrected chi connectivity index (χ4v) is 3.47. The molecule has 0 bridgehead atoms. The summed E-state index contributed by atoms with van der Waals surface area (Å²) in [6.45, 7) is 6.50. The van der Waals surface area contributed by atoms with Gasteiger partial charge in [0.15, 0.2) is 0 Å². The fraction of sp³-hybridized carbons (Fsp3) is 0.333. The van der Waals surface area contributed by atoms with Gasteiger partial charge in [-0.15, -0.1) is 0 Å². The second-order valence-corrected chi connectivity index (χ2v) is 5.70. The van der Waals surface area contributed by atoms with Gasteiger partial charge < -0.3 is 5.11 Å². The lowest BCUT2D eigenvalue weighted by molar-refractivity contribution is 0.180. The number of aryl methyl sites for hydroxylation is 3.